The molecule has 0 heterocycles. The maximum atomic E-state index is 13.2. The van der Waals surface area contributed by atoms with Crippen LogP contribution in [0.15, 0.2) is 23.8 Å². The van der Waals surface area contributed by atoms with Gasteiger partial charge in [0, 0.05) is 5.56 Å². The van der Waals surface area contributed by atoms with Gasteiger partial charge in [0.25, 0.3) is 0 Å². The summed E-state index contributed by atoms with van der Waals surface area (Å²) in [5, 5.41) is 0. The van der Waals surface area contributed by atoms with E-state index in [0.29, 0.717) is 0 Å². The molecule has 0 aliphatic heterocycles. The minimum absolute atomic E-state index is 0.148. The first-order chi connectivity index (χ1) is 6.20. The fourth-order valence-corrected chi connectivity index (χ4v) is 1.47. The van der Waals surface area contributed by atoms with Crippen LogP contribution in [0.5, 0.6) is 0 Å². The zero-order chi connectivity index (χ0) is 9.42. The highest BCUT2D eigenvalue weighted by Gasteiger charge is 2.19. The SMILES string of the molecule is CC(=C1CC1)c1c(F)cccc1F. The number of hydrogen-bond acceptors (Lipinski definition) is 0. The molecule has 1 aromatic rings. The summed E-state index contributed by atoms with van der Waals surface area (Å²) in [5.74, 6) is -0.922. The molecule has 0 amide bonds. The van der Waals surface area contributed by atoms with Crippen molar-refractivity contribution in [1.82, 2.24) is 0 Å². The Balaban J connectivity index is 2.56. The number of benzene rings is 1. The number of hydrogen-bond donors (Lipinski definition) is 0. The Morgan fingerprint density at radius 1 is 1.15 bits per heavy atom. The molecule has 2 heteroatoms. The van der Waals surface area contributed by atoms with Crippen molar-refractivity contribution in [3.8, 4) is 0 Å². The molecular weight excluding hydrogens is 170 g/mol. The van der Waals surface area contributed by atoms with Gasteiger partial charge in [0.15, 0.2) is 0 Å². The smallest absolute Gasteiger partial charge is 0.133 e. The molecule has 0 nitrogen and oxygen atoms in total. The van der Waals surface area contributed by atoms with Gasteiger partial charge in [0.1, 0.15) is 11.6 Å². The van der Waals surface area contributed by atoms with E-state index in [1.807, 2.05) is 0 Å². The maximum Gasteiger partial charge on any atom is 0.133 e. The van der Waals surface area contributed by atoms with Crippen molar-refractivity contribution < 1.29 is 8.78 Å². The Morgan fingerprint density at radius 3 is 2.15 bits per heavy atom. The van der Waals surface area contributed by atoms with Crippen LogP contribution in [0.4, 0.5) is 8.78 Å². The third-order valence-corrected chi connectivity index (χ3v) is 2.37. The van der Waals surface area contributed by atoms with Gasteiger partial charge in [-0.05, 0) is 37.5 Å². The molecule has 0 aromatic heterocycles. The van der Waals surface area contributed by atoms with E-state index in [9.17, 15) is 8.78 Å². The van der Waals surface area contributed by atoms with Crippen LogP contribution in [0.3, 0.4) is 0 Å². The van der Waals surface area contributed by atoms with Crippen LogP contribution in [0.25, 0.3) is 5.57 Å². The molecule has 1 saturated carbocycles. The number of halogens is 2. The van der Waals surface area contributed by atoms with Crippen LogP contribution >= 0.6 is 0 Å². The number of rotatable bonds is 1. The first kappa shape index (κ1) is 8.42. The zero-order valence-corrected chi connectivity index (χ0v) is 7.40. The van der Waals surface area contributed by atoms with Crippen LogP contribution in [-0.4, -0.2) is 0 Å². The molecule has 0 atom stereocenters. The van der Waals surface area contributed by atoms with E-state index in [1.165, 1.54) is 23.8 Å². The van der Waals surface area contributed by atoms with Crippen molar-refractivity contribution in [1.29, 1.82) is 0 Å². The van der Waals surface area contributed by atoms with E-state index in [0.717, 1.165) is 18.4 Å². The Hall–Kier alpha value is -1.18. The average molecular weight is 180 g/mol. The molecule has 0 unspecified atom stereocenters. The minimum atomic E-state index is -0.461. The summed E-state index contributed by atoms with van der Waals surface area (Å²) in [5.41, 5.74) is 2.09. The average Bonchev–Trinajstić information content (AvgIpc) is 2.85. The van der Waals surface area contributed by atoms with Crippen LogP contribution in [0, 0.1) is 11.6 Å². The second kappa shape index (κ2) is 2.95. The molecule has 68 valence electrons. The Morgan fingerprint density at radius 2 is 1.69 bits per heavy atom. The standard InChI is InChI=1S/C11H10F2/c1-7(8-5-6-8)11-9(12)3-2-4-10(11)13/h2-4H,5-6H2,1H3. The molecule has 1 aliphatic carbocycles. The fourth-order valence-electron chi connectivity index (χ4n) is 1.47. The summed E-state index contributed by atoms with van der Waals surface area (Å²) in [4.78, 5) is 0. The third-order valence-electron chi connectivity index (χ3n) is 2.37. The van der Waals surface area contributed by atoms with Crippen molar-refractivity contribution >= 4 is 5.57 Å². The fraction of sp³-hybridized carbons (Fsp3) is 0.273. The van der Waals surface area contributed by atoms with Crippen molar-refractivity contribution in [3.63, 3.8) is 0 Å². The van der Waals surface area contributed by atoms with Gasteiger partial charge in [-0.2, -0.15) is 0 Å². The van der Waals surface area contributed by atoms with E-state index in [1.54, 1.807) is 6.92 Å². The molecule has 0 N–H and O–H groups in total. The lowest BCUT2D eigenvalue weighted by Gasteiger charge is -2.03. The first-order valence-electron chi connectivity index (χ1n) is 4.33. The summed E-state index contributed by atoms with van der Waals surface area (Å²) >= 11 is 0. The van der Waals surface area contributed by atoms with Gasteiger partial charge in [0.05, 0.1) is 0 Å². The monoisotopic (exact) mass is 180 g/mol. The maximum absolute atomic E-state index is 13.2. The predicted octanol–water partition coefficient (Wildman–Crippen LogP) is 3.53. The van der Waals surface area contributed by atoms with E-state index in [4.69, 9.17) is 0 Å². The van der Waals surface area contributed by atoms with Gasteiger partial charge in [-0.15, -0.1) is 0 Å². The van der Waals surface area contributed by atoms with E-state index in [-0.39, 0.29) is 5.56 Å². The second-order valence-corrected chi connectivity index (χ2v) is 3.33. The summed E-state index contributed by atoms with van der Waals surface area (Å²) in [6.45, 7) is 1.78. The van der Waals surface area contributed by atoms with Crippen LogP contribution < -0.4 is 0 Å². The normalized spacial score (nSPS) is 14.5. The van der Waals surface area contributed by atoms with E-state index >= 15 is 0 Å². The van der Waals surface area contributed by atoms with Gasteiger partial charge in [-0.3, -0.25) is 0 Å². The topological polar surface area (TPSA) is 0 Å². The molecular formula is C11H10F2. The zero-order valence-electron chi connectivity index (χ0n) is 7.40. The summed E-state index contributed by atoms with van der Waals surface area (Å²) in [6, 6.07) is 3.98. The highest BCUT2D eigenvalue weighted by Crippen LogP contribution is 2.37. The quantitative estimate of drug-likeness (QED) is 0.620. The Bertz CT molecular complexity index is 351. The van der Waals surface area contributed by atoms with Crippen LogP contribution in [-0.2, 0) is 0 Å². The second-order valence-electron chi connectivity index (χ2n) is 3.33. The van der Waals surface area contributed by atoms with Crippen molar-refractivity contribution in [3.05, 3.63) is 41.0 Å². The molecule has 1 aromatic carbocycles. The van der Waals surface area contributed by atoms with Crippen LogP contribution in [0.1, 0.15) is 25.3 Å². The van der Waals surface area contributed by atoms with Gasteiger partial charge in [0.2, 0.25) is 0 Å². The van der Waals surface area contributed by atoms with Crippen molar-refractivity contribution in [2.24, 2.45) is 0 Å². The van der Waals surface area contributed by atoms with Gasteiger partial charge >= 0.3 is 0 Å². The molecule has 13 heavy (non-hydrogen) atoms. The number of allylic oxidation sites excluding steroid dienone is 2. The van der Waals surface area contributed by atoms with Gasteiger partial charge < -0.3 is 0 Å². The summed E-state index contributed by atoms with van der Waals surface area (Å²) in [7, 11) is 0. The minimum Gasteiger partial charge on any atom is -0.206 e. The molecule has 1 fully saturated rings. The molecule has 2 rings (SSSR count). The highest BCUT2D eigenvalue weighted by atomic mass is 19.1. The molecule has 0 bridgehead atoms. The highest BCUT2D eigenvalue weighted by molar-refractivity contribution is 5.70. The van der Waals surface area contributed by atoms with E-state index < -0.39 is 11.6 Å². The summed E-state index contributed by atoms with van der Waals surface area (Å²) in [6.07, 6.45) is 1.97. The Kier molecular flexibility index (Phi) is 1.91. The molecule has 0 radical (unpaired) electrons. The molecule has 0 saturated heterocycles. The first-order valence-corrected chi connectivity index (χ1v) is 4.33. The third kappa shape index (κ3) is 1.48. The summed E-state index contributed by atoms with van der Waals surface area (Å²) < 4.78 is 26.4. The van der Waals surface area contributed by atoms with Crippen molar-refractivity contribution in [2.75, 3.05) is 0 Å². The molecule has 1 aliphatic rings. The lowest BCUT2D eigenvalue weighted by atomic mass is 10.1. The predicted molar refractivity (Wildman–Crippen MR) is 48.2 cm³/mol. The van der Waals surface area contributed by atoms with Gasteiger partial charge in [-0.25, -0.2) is 8.78 Å². The van der Waals surface area contributed by atoms with Crippen LogP contribution in [0.2, 0.25) is 0 Å². The Labute approximate surface area is 75.9 Å². The van der Waals surface area contributed by atoms with Crippen molar-refractivity contribution in [2.45, 2.75) is 19.8 Å². The lowest BCUT2D eigenvalue weighted by molar-refractivity contribution is 0.577. The lowest BCUT2D eigenvalue weighted by Crippen LogP contribution is -1.91. The largest absolute Gasteiger partial charge is 0.206 e. The van der Waals surface area contributed by atoms with E-state index in [2.05, 4.69) is 0 Å². The van der Waals surface area contributed by atoms with Gasteiger partial charge in [-0.1, -0.05) is 11.6 Å². The molecule has 0 spiro atoms.